The van der Waals surface area contributed by atoms with E-state index in [0.717, 1.165) is 12.0 Å². The Bertz CT molecular complexity index is 377. The Morgan fingerprint density at radius 1 is 1.50 bits per heavy atom. The number of rotatable bonds is 0. The van der Waals surface area contributed by atoms with E-state index in [1.807, 2.05) is 18.2 Å². The van der Waals surface area contributed by atoms with Gasteiger partial charge in [-0.05, 0) is 18.6 Å². The molecule has 1 aliphatic rings. The lowest BCUT2D eigenvalue weighted by Crippen LogP contribution is -1.99. The summed E-state index contributed by atoms with van der Waals surface area (Å²) in [6.45, 7) is 0. The zero-order chi connectivity index (χ0) is 8.39. The van der Waals surface area contributed by atoms with E-state index in [9.17, 15) is 0 Å². The van der Waals surface area contributed by atoms with Crippen molar-refractivity contribution in [2.75, 3.05) is 0 Å². The van der Waals surface area contributed by atoms with Gasteiger partial charge in [0.2, 0.25) is 5.88 Å². The van der Waals surface area contributed by atoms with Gasteiger partial charge >= 0.3 is 0 Å². The number of nitrogens with zero attached hydrogens (tertiary/aromatic N) is 2. The van der Waals surface area contributed by atoms with Crippen LogP contribution >= 0.6 is 0 Å². The summed E-state index contributed by atoms with van der Waals surface area (Å²) in [6, 6.07) is 5.52. The van der Waals surface area contributed by atoms with E-state index in [2.05, 4.69) is 4.98 Å². The first-order chi connectivity index (χ1) is 5.90. The van der Waals surface area contributed by atoms with Crippen LogP contribution in [0.1, 0.15) is 11.3 Å². The normalized spacial score (nSPS) is 12.9. The van der Waals surface area contributed by atoms with Crippen LogP contribution in [-0.4, -0.2) is 4.98 Å². The lowest BCUT2D eigenvalue weighted by Gasteiger charge is -2.09. The molecule has 0 amide bonds. The molecule has 0 unspecified atom stereocenters. The van der Waals surface area contributed by atoms with E-state index in [4.69, 9.17) is 10.00 Å². The highest BCUT2D eigenvalue weighted by atomic mass is 16.5. The predicted octanol–water partition coefficient (Wildman–Crippen LogP) is 1.40. The minimum atomic E-state index is 0.393. The third kappa shape index (κ3) is 1.04. The number of allylic oxidation sites excluding steroid dienone is 1. The van der Waals surface area contributed by atoms with Crippen molar-refractivity contribution >= 4 is 0 Å². The summed E-state index contributed by atoms with van der Waals surface area (Å²) in [4.78, 5) is 4.00. The summed E-state index contributed by atoms with van der Waals surface area (Å²) in [5, 5.41) is 8.55. The number of nitriles is 1. The van der Waals surface area contributed by atoms with Gasteiger partial charge in [0.1, 0.15) is 11.8 Å². The minimum absolute atomic E-state index is 0.393. The van der Waals surface area contributed by atoms with Crippen molar-refractivity contribution in [3.05, 3.63) is 35.7 Å². The van der Waals surface area contributed by atoms with Gasteiger partial charge in [-0.1, -0.05) is 6.07 Å². The molecular weight excluding hydrogens is 152 g/mol. The maximum absolute atomic E-state index is 8.55. The Morgan fingerprint density at radius 2 is 2.42 bits per heavy atom. The molecule has 0 radical (unpaired) electrons. The summed E-state index contributed by atoms with van der Waals surface area (Å²) in [7, 11) is 0. The number of ether oxygens (including phenoxy) is 1. The number of pyridine rings is 1. The van der Waals surface area contributed by atoms with Crippen molar-refractivity contribution in [2.24, 2.45) is 0 Å². The van der Waals surface area contributed by atoms with Gasteiger partial charge < -0.3 is 4.74 Å². The van der Waals surface area contributed by atoms with Crippen molar-refractivity contribution in [3.8, 4) is 11.9 Å². The number of hydrogen-bond acceptors (Lipinski definition) is 3. The number of aromatic nitrogens is 1. The van der Waals surface area contributed by atoms with Crippen molar-refractivity contribution in [2.45, 2.75) is 6.42 Å². The van der Waals surface area contributed by atoms with Crippen molar-refractivity contribution in [1.29, 1.82) is 5.26 Å². The Hall–Kier alpha value is -1.82. The molecule has 2 rings (SSSR count). The average molecular weight is 158 g/mol. The Balaban J connectivity index is 2.48. The second kappa shape index (κ2) is 2.67. The van der Waals surface area contributed by atoms with Crippen LogP contribution < -0.4 is 4.74 Å². The monoisotopic (exact) mass is 158 g/mol. The first-order valence-corrected chi connectivity index (χ1v) is 3.62. The summed E-state index contributed by atoms with van der Waals surface area (Å²) in [5.74, 6) is 0.552. The molecule has 0 aromatic carbocycles. The molecule has 1 aliphatic heterocycles. The summed E-state index contributed by atoms with van der Waals surface area (Å²) in [6.07, 6.45) is 4.33. The lowest BCUT2D eigenvalue weighted by atomic mass is 10.1. The molecule has 0 spiro atoms. The third-order valence-corrected chi connectivity index (χ3v) is 1.67. The van der Waals surface area contributed by atoms with Crippen LogP contribution in [0.15, 0.2) is 24.5 Å². The van der Waals surface area contributed by atoms with E-state index in [0.29, 0.717) is 11.6 Å². The summed E-state index contributed by atoms with van der Waals surface area (Å²) in [5.41, 5.74) is 1.42. The molecule has 3 nitrogen and oxygen atoms in total. The van der Waals surface area contributed by atoms with Gasteiger partial charge in [-0.3, -0.25) is 0 Å². The highest BCUT2D eigenvalue weighted by molar-refractivity contribution is 5.35. The second-order valence-electron chi connectivity index (χ2n) is 2.47. The fraction of sp³-hybridized carbons (Fsp3) is 0.111. The zero-order valence-corrected chi connectivity index (χ0v) is 6.32. The molecule has 1 aromatic heterocycles. The molecule has 0 aliphatic carbocycles. The maximum atomic E-state index is 8.55. The molecule has 0 N–H and O–H groups in total. The molecule has 0 bridgehead atoms. The van der Waals surface area contributed by atoms with E-state index in [-0.39, 0.29) is 0 Å². The smallest absolute Gasteiger partial charge is 0.223 e. The molecule has 0 saturated heterocycles. The molecule has 0 fully saturated rings. The zero-order valence-electron chi connectivity index (χ0n) is 6.32. The molecule has 0 saturated carbocycles. The molecule has 3 heteroatoms. The Labute approximate surface area is 69.9 Å². The first-order valence-electron chi connectivity index (χ1n) is 3.62. The molecule has 2 heterocycles. The molecular formula is C9H6N2O. The fourth-order valence-electron chi connectivity index (χ4n) is 1.08. The highest BCUT2D eigenvalue weighted by Crippen LogP contribution is 2.20. The van der Waals surface area contributed by atoms with E-state index in [1.165, 1.54) is 0 Å². The minimum Gasteiger partial charge on any atom is -0.447 e. The second-order valence-corrected chi connectivity index (χ2v) is 2.47. The lowest BCUT2D eigenvalue weighted by molar-refractivity contribution is 0.444. The standard InChI is InChI=1S/C9H6N2O/c10-6-8-4-3-7-2-1-5-12-9(7)11-8/h1,3-5H,2H2. The molecule has 0 atom stereocenters. The predicted molar refractivity (Wildman–Crippen MR) is 42.4 cm³/mol. The van der Waals surface area contributed by atoms with E-state index >= 15 is 0 Å². The SMILES string of the molecule is N#Cc1ccc2c(n1)OC=CC2. The van der Waals surface area contributed by atoms with Crippen LogP contribution in [0.2, 0.25) is 0 Å². The van der Waals surface area contributed by atoms with Gasteiger partial charge in [0.05, 0.1) is 6.26 Å². The fourth-order valence-corrected chi connectivity index (χ4v) is 1.08. The van der Waals surface area contributed by atoms with Crippen LogP contribution in [-0.2, 0) is 6.42 Å². The van der Waals surface area contributed by atoms with Crippen molar-refractivity contribution in [3.63, 3.8) is 0 Å². The van der Waals surface area contributed by atoms with Crippen molar-refractivity contribution in [1.82, 2.24) is 4.98 Å². The topological polar surface area (TPSA) is 45.9 Å². The molecule has 1 aromatic rings. The third-order valence-electron chi connectivity index (χ3n) is 1.67. The van der Waals surface area contributed by atoms with Gasteiger partial charge in [-0.2, -0.15) is 5.26 Å². The molecule has 58 valence electrons. The van der Waals surface area contributed by atoms with Crippen LogP contribution in [0.3, 0.4) is 0 Å². The van der Waals surface area contributed by atoms with Crippen LogP contribution in [0.4, 0.5) is 0 Å². The maximum Gasteiger partial charge on any atom is 0.223 e. The largest absolute Gasteiger partial charge is 0.447 e. The average Bonchev–Trinajstić information content (AvgIpc) is 2.17. The Morgan fingerprint density at radius 3 is 3.25 bits per heavy atom. The quantitative estimate of drug-likeness (QED) is 0.573. The summed E-state index contributed by atoms with van der Waals surface area (Å²) < 4.78 is 5.12. The van der Waals surface area contributed by atoms with Crippen LogP contribution in [0.25, 0.3) is 0 Å². The van der Waals surface area contributed by atoms with Crippen LogP contribution in [0, 0.1) is 11.3 Å². The van der Waals surface area contributed by atoms with Crippen LogP contribution in [0.5, 0.6) is 5.88 Å². The van der Waals surface area contributed by atoms with Gasteiger partial charge in [-0.15, -0.1) is 0 Å². The summed E-state index contributed by atoms with van der Waals surface area (Å²) >= 11 is 0. The highest BCUT2D eigenvalue weighted by Gasteiger charge is 2.07. The van der Waals surface area contributed by atoms with Gasteiger partial charge in [0.25, 0.3) is 0 Å². The van der Waals surface area contributed by atoms with Gasteiger partial charge in [0, 0.05) is 5.56 Å². The number of fused-ring (bicyclic) bond motifs is 1. The van der Waals surface area contributed by atoms with E-state index in [1.54, 1.807) is 12.3 Å². The van der Waals surface area contributed by atoms with Gasteiger partial charge in [-0.25, -0.2) is 4.98 Å². The van der Waals surface area contributed by atoms with Gasteiger partial charge in [0.15, 0.2) is 0 Å². The van der Waals surface area contributed by atoms with Crippen molar-refractivity contribution < 1.29 is 4.74 Å². The first kappa shape index (κ1) is 6.86. The molecule has 12 heavy (non-hydrogen) atoms. The number of hydrogen-bond donors (Lipinski definition) is 0. The van der Waals surface area contributed by atoms with E-state index < -0.39 is 0 Å². The Kier molecular flexibility index (Phi) is 1.52.